The Balaban J connectivity index is 1.53. The van der Waals surface area contributed by atoms with Gasteiger partial charge in [-0.3, -0.25) is 4.79 Å². The standard InChI is InChI=1S/C19H24N4O2S2/c1-3-17(24)21-15-5-4-10-23(11-15)18(25)22-14-6-8-16(9-7-14)27-19-20-13(2)12-26-19/h6-9,12,15H,3-5,10-11H2,1-2H3,(H,21,24)(H,22,25). The number of aryl methyl sites for hydroxylation is 1. The summed E-state index contributed by atoms with van der Waals surface area (Å²) in [4.78, 5) is 31.4. The number of aromatic nitrogens is 1. The fourth-order valence-corrected chi connectivity index (χ4v) is 4.71. The Morgan fingerprint density at radius 2 is 2.11 bits per heavy atom. The SMILES string of the molecule is CCC(=O)NC1CCCN(C(=O)Nc2ccc(Sc3nc(C)cs3)cc2)C1. The van der Waals surface area contributed by atoms with Gasteiger partial charge in [-0.05, 0) is 44.0 Å². The highest BCUT2D eigenvalue weighted by Crippen LogP contribution is 2.30. The van der Waals surface area contributed by atoms with Crippen molar-refractivity contribution in [3.63, 3.8) is 0 Å². The molecule has 2 N–H and O–H groups in total. The van der Waals surface area contributed by atoms with Crippen LogP contribution in [0.25, 0.3) is 0 Å². The maximum Gasteiger partial charge on any atom is 0.321 e. The van der Waals surface area contributed by atoms with E-state index >= 15 is 0 Å². The number of nitrogens with zero attached hydrogens (tertiary/aromatic N) is 2. The van der Waals surface area contributed by atoms with Gasteiger partial charge in [0.25, 0.3) is 0 Å². The highest BCUT2D eigenvalue weighted by Gasteiger charge is 2.24. The second kappa shape index (κ2) is 9.23. The van der Waals surface area contributed by atoms with Crippen LogP contribution in [0.3, 0.4) is 0 Å². The molecule has 6 nitrogen and oxygen atoms in total. The minimum Gasteiger partial charge on any atom is -0.352 e. The molecule has 0 saturated carbocycles. The molecule has 1 aromatic carbocycles. The minimum absolute atomic E-state index is 0.0331. The third-order valence-corrected chi connectivity index (χ3v) is 6.37. The van der Waals surface area contributed by atoms with E-state index < -0.39 is 0 Å². The van der Waals surface area contributed by atoms with Gasteiger partial charge >= 0.3 is 6.03 Å². The predicted molar refractivity (Wildman–Crippen MR) is 109 cm³/mol. The molecular weight excluding hydrogens is 380 g/mol. The largest absolute Gasteiger partial charge is 0.352 e. The summed E-state index contributed by atoms with van der Waals surface area (Å²) in [6.07, 6.45) is 2.27. The van der Waals surface area contributed by atoms with Gasteiger partial charge in [0.15, 0.2) is 4.34 Å². The summed E-state index contributed by atoms with van der Waals surface area (Å²) in [5.41, 5.74) is 1.79. The fraction of sp³-hybridized carbons (Fsp3) is 0.421. The molecule has 1 aliphatic heterocycles. The molecular formula is C19H24N4O2S2. The number of benzene rings is 1. The smallest absolute Gasteiger partial charge is 0.321 e. The van der Waals surface area contributed by atoms with Crippen LogP contribution in [0.5, 0.6) is 0 Å². The van der Waals surface area contributed by atoms with Crippen molar-refractivity contribution in [2.45, 2.75) is 48.4 Å². The van der Waals surface area contributed by atoms with Crippen LogP contribution < -0.4 is 10.6 Å². The van der Waals surface area contributed by atoms with E-state index in [4.69, 9.17) is 0 Å². The molecule has 144 valence electrons. The lowest BCUT2D eigenvalue weighted by Gasteiger charge is -2.33. The summed E-state index contributed by atoms with van der Waals surface area (Å²) in [6, 6.07) is 7.69. The van der Waals surface area contributed by atoms with E-state index in [-0.39, 0.29) is 18.0 Å². The van der Waals surface area contributed by atoms with Crippen molar-refractivity contribution in [1.29, 1.82) is 0 Å². The molecule has 1 unspecified atom stereocenters. The van der Waals surface area contributed by atoms with Crippen LogP contribution in [0.1, 0.15) is 31.9 Å². The van der Waals surface area contributed by atoms with E-state index in [0.29, 0.717) is 19.5 Å². The molecule has 2 heterocycles. The van der Waals surface area contributed by atoms with Crippen LogP contribution in [0.15, 0.2) is 38.9 Å². The number of anilines is 1. The molecule has 0 aliphatic carbocycles. The molecule has 1 fully saturated rings. The number of likely N-dealkylation sites (tertiary alicyclic amines) is 1. The van der Waals surface area contributed by atoms with E-state index in [1.165, 1.54) is 0 Å². The number of nitrogens with one attached hydrogen (secondary N) is 2. The summed E-state index contributed by atoms with van der Waals surface area (Å²) >= 11 is 3.25. The molecule has 27 heavy (non-hydrogen) atoms. The molecule has 3 rings (SSSR count). The van der Waals surface area contributed by atoms with Crippen molar-refractivity contribution < 1.29 is 9.59 Å². The van der Waals surface area contributed by atoms with E-state index in [1.807, 2.05) is 43.5 Å². The maximum absolute atomic E-state index is 12.5. The van der Waals surface area contributed by atoms with Crippen LogP contribution in [-0.2, 0) is 4.79 Å². The number of hydrogen-bond acceptors (Lipinski definition) is 5. The number of hydrogen-bond donors (Lipinski definition) is 2. The second-order valence-corrected chi connectivity index (χ2v) is 8.70. The summed E-state index contributed by atoms with van der Waals surface area (Å²) in [5.74, 6) is 0.0331. The second-order valence-electron chi connectivity index (χ2n) is 6.52. The lowest BCUT2D eigenvalue weighted by atomic mass is 10.1. The molecule has 1 atom stereocenters. The average Bonchev–Trinajstić information content (AvgIpc) is 3.08. The van der Waals surface area contributed by atoms with Crippen molar-refractivity contribution in [3.05, 3.63) is 35.3 Å². The Bertz CT molecular complexity index is 791. The van der Waals surface area contributed by atoms with Crippen molar-refractivity contribution in [2.24, 2.45) is 0 Å². The Morgan fingerprint density at radius 1 is 1.33 bits per heavy atom. The van der Waals surface area contributed by atoms with Crippen molar-refractivity contribution in [3.8, 4) is 0 Å². The van der Waals surface area contributed by atoms with Gasteiger partial charge < -0.3 is 15.5 Å². The van der Waals surface area contributed by atoms with Crippen molar-refractivity contribution in [1.82, 2.24) is 15.2 Å². The number of urea groups is 1. The van der Waals surface area contributed by atoms with Crippen LogP contribution >= 0.6 is 23.1 Å². The van der Waals surface area contributed by atoms with E-state index in [2.05, 4.69) is 15.6 Å². The molecule has 3 amide bonds. The van der Waals surface area contributed by atoms with Crippen molar-refractivity contribution >= 4 is 40.7 Å². The highest BCUT2D eigenvalue weighted by molar-refractivity contribution is 8.01. The van der Waals surface area contributed by atoms with Crippen LogP contribution in [-0.4, -0.2) is 41.0 Å². The van der Waals surface area contributed by atoms with Gasteiger partial charge in [-0.2, -0.15) is 0 Å². The van der Waals surface area contributed by atoms with Gasteiger partial charge in [-0.25, -0.2) is 9.78 Å². The third-order valence-electron chi connectivity index (χ3n) is 4.30. The zero-order valence-electron chi connectivity index (χ0n) is 15.5. The lowest BCUT2D eigenvalue weighted by molar-refractivity contribution is -0.121. The first-order valence-corrected chi connectivity index (χ1v) is 10.8. The zero-order chi connectivity index (χ0) is 19.2. The highest BCUT2D eigenvalue weighted by atomic mass is 32.2. The predicted octanol–water partition coefficient (Wildman–Crippen LogP) is 4.13. The fourth-order valence-electron chi connectivity index (χ4n) is 2.90. The number of carbonyl (C=O) groups is 2. The van der Waals surface area contributed by atoms with E-state index in [1.54, 1.807) is 28.0 Å². The normalized spacial score (nSPS) is 16.8. The van der Waals surface area contributed by atoms with E-state index in [0.717, 1.165) is 33.5 Å². The number of rotatable bonds is 5. The molecule has 8 heteroatoms. The van der Waals surface area contributed by atoms with Gasteiger partial charge in [-0.15, -0.1) is 11.3 Å². The monoisotopic (exact) mass is 404 g/mol. The topological polar surface area (TPSA) is 74.3 Å². The van der Waals surface area contributed by atoms with Gasteiger partial charge in [-0.1, -0.05) is 18.7 Å². The quantitative estimate of drug-likeness (QED) is 0.786. The number of amides is 3. The Hall–Kier alpha value is -2.06. The first-order chi connectivity index (χ1) is 13.0. The van der Waals surface area contributed by atoms with Gasteiger partial charge in [0.2, 0.25) is 5.91 Å². The first kappa shape index (κ1) is 19.7. The summed E-state index contributed by atoms with van der Waals surface area (Å²) in [6.45, 7) is 5.08. The Labute approximate surface area is 167 Å². The molecule has 2 aromatic rings. The van der Waals surface area contributed by atoms with Crippen LogP contribution in [0.4, 0.5) is 10.5 Å². The van der Waals surface area contributed by atoms with Gasteiger partial charge in [0.05, 0.1) is 0 Å². The molecule has 1 saturated heterocycles. The molecule has 0 spiro atoms. The third kappa shape index (κ3) is 5.71. The van der Waals surface area contributed by atoms with E-state index in [9.17, 15) is 9.59 Å². The molecule has 0 bridgehead atoms. The maximum atomic E-state index is 12.5. The Kier molecular flexibility index (Phi) is 6.73. The average molecular weight is 405 g/mol. The summed E-state index contributed by atoms with van der Waals surface area (Å²) < 4.78 is 1.01. The Morgan fingerprint density at radius 3 is 2.78 bits per heavy atom. The number of piperidine rings is 1. The zero-order valence-corrected chi connectivity index (χ0v) is 17.2. The van der Waals surface area contributed by atoms with Crippen molar-refractivity contribution in [2.75, 3.05) is 18.4 Å². The molecule has 1 aromatic heterocycles. The summed E-state index contributed by atoms with van der Waals surface area (Å²) in [7, 11) is 0. The minimum atomic E-state index is -0.124. The van der Waals surface area contributed by atoms with Crippen LogP contribution in [0.2, 0.25) is 0 Å². The van der Waals surface area contributed by atoms with Gasteiger partial charge in [0, 0.05) is 47.2 Å². The molecule has 1 aliphatic rings. The van der Waals surface area contributed by atoms with Crippen LogP contribution in [0, 0.1) is 6.92 Å². The number of thiazole rings is 1. The lowest BCUT2D eigenvalue weighted by Crippen LogP contribution is -2.50. The molecule has 0 radical (unpaired) electrons. The van der Waals surface area contributed by atoms with Gasteiger partial charge in [0.1, 0.15) is 0 Å². The summed E-state index contributed by atoms with van der Waals surface area (Å²) in [5, 5.41) is 7.96. The number of carbonyl (C=O) groups excluding carboxylic acids is 2. The first-order valence-electron chi connectivity index (χ1n) is 9.09.